The molecule has 1 aliphatic heterocycles. The second-order valence-electron chi connectivity index (χ2n) is 4.39. The Morgan fingerprint density at radius 2 is 2.06 bits per heavy atom. The van der Waals surface area contributed by atoms with E-state index in [9.17, 15) is 13.2 Å². The number of pyridine rings is 1. The minimum absolute atomic E-state index is 0.492. The van der Waals surface area contributed by atoms with E-state index in [2.05, 4.69) is 16.9 Å². The average Bonchev–Trinajstić information content (AvgIpc) is 2.29. The summed E-state index contributed by atoms with van der Waals surface area (Å²) in [6, 6.07) is 1.13. The zero-order valence-electron chi connectivity index (χ0n) is 9.46. The van der Waals surface area contributed by atoms with Crippen LogP contribution in [0.3, 0.4) is 0 Å². The van der Waals surface area contributed by atoms with E-state index in [-0.39, 0.29) is 0 Å². The first kappa shape index (κ1) is 12.1. The summed E-state index contributed by atoms with van der Waals surface area (Å²) in [7, 11) is 0. The number of hydrogen-bond acceptors (Lipinski definition) is 2. The number of aromatic nitrogens is 1. The molecule has 0 N–H and O–H groups in total. The molecule has 0 bridgehead atoms. The molecule has 0 radical (unpaired) electrons. The van der Waals surface area contributed by atoms with Crippen molar-refractivity contribution >= 4 is 5.71 Å². The predicted octanol–water partition coefficient (Wildman–Crippen LogP) is 3.32. The largest absolute Gasteiger partial charge is 0.417 e. The van der Waals surface area contributed by atoms with Gasteiger partial charge in [0.2, 0.25) is 0 Å². The molecule has 0 aliphatic carbocycles. The maximum atomic E-state index is 12.5. The van der Waals surface area contributed by atoms with E-state index < -0.39 is 11.7 Å². The summed E-state index contributed by atoms with van der Waals surface area (Å²) < 4.78 is 37.6. The summed E-state index contributed by atoms with van der Waals surface area (Å²) in [5, 5.41) is 0. The van der Waals surface area contributed by atoms with Crippen LogP contribution in [0.5, 0.6) is 0 Å². The van der Waals surface area contributed by atoms with Crippen molar-refractivity contribution < 1.29 is 13.2 Å². The van der Waals surface area contributed by atoms with Gasteiger partial charge in [0.1, 0.15) is 0 Å². The SMILES string of the molecule is C[C@H]1CCC(c2cncc(C(F)(F)F)c2)=NC1. The smallest absolute Gasteiger partial charge is 0.289 e. The molecule has 0 saturated heterocycles. The van der Waals surface area contributed by atoms with Crippen LogP contribution >= 0.6 is 0 Å². The third-order valence-corrected chi connectivity index (χ3v) is 2.87. The van der Waals surface area contributed by atoms with Gasteiger partial charge >= 0.3 is 6.18 Å². The van der Waals surface area contributed by atoms with E-state index in [1.807, 2.05) is 0 Å². The Bertz CT molecular complexity index is 438. The molecule has 5 heteroatoms. The van der Waals surface area contributed by atoms with Crippen LogP contribution in [-0.2, 0) is 6.18 Å². The molecule has 0 fully saturated rings. The van der Waals surface area contributed by atoms with Crippen molar-refractivity contribution in [3.63, 3.8) is 0 Å². The number of rotatable bonds is 1. The van der Waals surface area contributed by atoms with Gasteiger partial charge in [0.05, 0.1) is 5.56 Å². The van der Waals surface area contributed by atoms with Crippen LogP contribution in [0.2, 0.25) is 0 Å². The van der Waals surface area contributed by atoms with Crippen LogP contribution in [0.15, 0.2) is 23.5 Å². The topological polar surface area (TPSA) is 25.2 Å². The average molecular weight is 242 g/mol. The Balaban J connectivity index is 2.28. The fourth-order valence-corrected chi connectivity index (χ4v) is 1.81. The maximum Gasteiger partial charge on any atom is 0.417 e. The summed E-state index contributed by atoms with van der Waals surface area (Å²) >= 11 is 0. The van der Waals surface area contributed by atoms with Crippen LogP contribution in [0.4, 0.5) is 13.2 Å². The Morgan fingerprint density at radius 1 is 1.29 bits per heavy atom. The number of halogens is 3. The van der Waals surface area contributed by atoms with Crippen LogP contribution in [0.25, 0.3) is 0 Å². The van der Waals surface area contributed by atoms with E-state index in [4.69, 9.17) is 0 Å². The lowest BCUT2D eigenvalue weighted by Crippen LogP contribution is -2.15. The molecule has 2 rings (SSSR count). The third-order valence-electron chi connectivity index (χ3n) is 2.87. The highest BCUT2D eigenvalue weighted by Gasteiger charge is 2.31. The summed E-state index contributed by atoms with van der Waals surface area (Å²) in [4.78, 5) is 7.96. The highest BCUT2D eigenvalue weighted by Crippen LogP contribution is 2.29. The van der Waals surface area contributed by atoms with Gasteiger partial charge in [0.15, 0.2) is 0 Å². The van der Waals surface area contributed by atoms with Crippen molar-refractivity contribution in [3.8, 4) is 0 Å². The second-order valence-corrected chi connectivity index (χ2v) is 4.39. The van der Waals surface area contributed by atoms with Crippen molar-refractivity contribution in [2.45, 2.75) is 25.9 Å². The molecular weight excluding hydrogens is 229 g/mol. The fourth-order valence-electron chi connectivity index (χ4n) is 1.81. The van der Waals surface area contributed by atoms with Gasteiger partial charge < -0.3 is 0 Å². The Labute approximate surface area is 97.6 Å². The lowest BCUT2D eigenvalue weighted by molar-refractivity contribution is -0.137. The molecule has 0 aromatic carbocycles. The van der Waals surface area contributed by atoms with Gasteiger partial charge in [-0.3, -0.25) is 9.98 Å². The molecule has 0 unspecified atom stereocenters. The molecule has 1 aromatic rings. The van der Waals surface area contributed by atoms with Crippen molar-refractivity contribution in [1.29, 1.82) is 0 Å². The standard InChI is InChI=1S/C12H13F3N2/c1-8-2-3-11(17-5-8)9-4-10(7-16-6-9)12(13,14)15/h4,6-8H,2-3,5H2,1H3/t8-/m0/s1. The van der Waals surface area contributed by atoms with Crippen molar-refractivity contribution in [2.24, 2.45) is 10.9 Å². The minimum Gasteiger partial charge on any atom is -0.289 e. The first-order chi connectivity index (χ1) is 7.97. The van der Waals surface area contributed by atoms with E-state index in [1.165, 1.54) is 6.20 Å². The summed E-state index contributed by atoms with van der Waals surface area (Å²) in [6.45, 7) is 2.77. The van der Waals surface area contributed by atoms with Gasteiger partial charge in [0, 0.05) is 30.2 Å². The monoisotopic (exact) mass is 242 g/mol. The van der Waals surface area contributed by atoms with E-state index in [1.54, 1.807) is 0 Å². The normalized spacial score (nSPS) is 21.2. The first-order valence-corrected chi connectivity index (χ1v) is 5.53. The van der Waals surface area contributed by atoms with Crippen molar-refractivity contribution in [3.05, 3.63) is 29.6 Å². The quantitative estimate of drug-likeness (QED) is 0.741. The number of alkyl halides is 3. The lowest BCUT2D eigenvalue weighted by Gasteiger charge is -2.18. The number of nitrogens with zero attached hydrogens (tertiary/aromatic N) is 2. The molecule has 0 spiro atoms. The van der Waals surface area contributed by atoms with Gasteiger partial charge in [-0.1, -0.05) is 6.92 Å². The van der Waals surface area contributed by atoms with E-state index in [0.29, 0.717) is 18.0 Å². The molecule has 17 heavy (non-hydrogen) atoms. The van der Waals surface area contributed by atoms with E-state index in [0.717, 1.165) is 30.8 Å². The van der Waals surface area contributed by atoms with Crippen molar-refractivity contribution in [1.82, 2.24) is 4.98 Å². The molecule has 0 saturated carbocycles. The summed E-state index contributed by atoms with van der Waals surface area (Å²) in [6.07, 6.45) is -0.357. The third kappa shape index (κ3) is 2.84. The summed E-state index contributed by atoms with van der Waals surface area (Å²) in [5.74, 6) is 0.512. The molecule has 2 heterocycles. The van der Waals surface area contributed by atoms with Gasteiger partial charge in [-0.2, -0.15) is 13.2 Å². The maximum absolute atomic E-state index is 12.5. The number of hydrogen-bond donors (Lipinski definition) is 0. The number of aliphatic imine (C=N–C) groups is 1. The van der Waals surface area contributed by atoms with Gasteiger partial charge in [0.25, 0.3) is 0 Å². The first-order valence-electron chi connectivity index (χ1n) is 5.53. The van der Waals surface area contributed by atoms with Gasteiger partial charge in [-0.15, -0.1) is 0 Å². The van der Waals surface area contributed by atoms with Crippen molar-refractivity contribution in [2.75, 3.05) is 6.54 Å². The molecule has 0 amide bonds. The second kappa shape index (κ2) is 4.47. The molecule has 1 atom stereocenters. The Kier molecular flexibility index (Phi) is 3.17. The van der Waals surface area contributed by atoms with Gasteiger partial charge in [-0.05, 0) is 24.8 Å². The van der Waals surface area contributed by atoms with E-state index >= 15 is 0 Å². The zero-order chi connectivity index (χ0) is 12.5. The van der Waals surface area contributed by atoms with Crippen LogP contribution < -0.4 is 0 Å². The van der Waals surface area contributed by atoms with Crippen LogP contribution in [0, 0.1) is 5.92 Å². The van der Waals surface area contributed by atoms with Crippen LogP contribution in [0.1, 0.15) is 30.9 Å². The highest BCUT2D eigenvalue weighted by atomic mass is 19.4. The fraction of sp³-hybridized carbons (Fsp3) is 0.500. The lowest BCUT2D eigenvalue weighted by atomic mass is 9.96. The molecular formula is C12H13F3N2. The molecule has 92 valence electrons. The minimum atomic E-state index is -4.34. The van der Waals surface area contributed by atoms with Gasteiger partial charge in [-0.25, -0.2) is 0 Å². The highest BCUT2D eigenvalue weighted by molar-refractivity contribution is 6.00. The summed E-state index contributed by atoms with van der Waals surface area (Å²) in [5.41, 5.74) is 0.518. The molecule has 1 aromatic heterocycles. The predicted molar refractivity (Wildman–Crippen MR) is 59.0 cm³/mol. The zero-order valence-corrected chi connectivity index (χ0v) is 9.46. The molecule has 2 nitrogen and oxygen atoms in total. The Hall–Kier alpha value is -1.39. The molecule has 1 aliphatic rings. The van der Waals surface area contributed by atoms with Crippen LogP contribution in [-0.4, -0.2) is 17.2 Å². The Morgan fingerprint density at radius 3 is 2.65 bits per heavy atom.